The summed E-state index contributed by atoms with van der Waals surface area (Å²) >= 11 is 0. The smallest absolute Gasteiger partial charge is 0.248 e. The fourth-order valence-electron chi connectivity index (χ4n) is 0.615. The molecule has 9 heavy (non-hydrogen) atoms. The molecule has 2 nitrogen and oxygen atoms in total. The Kier molecular flexibility index (Phi) is 1.49. The van der Waals surface area contributed by atoms with E-state index in [1.807, 2.05) is 0 Å². The molecule has 0 aromatic heterocycles. The number of hydrogen-bond donors (Lipinski definition) is 1. The van der Waals surface area contributed by atoms with E-state index in [2.05, 4.69) is 11.9 Å². The topological polar surface area (TPSA) is 29.1 Å². The molecule has 0 aliphatic carbocycles. The van der Waals surface area contributed by atoms with Crippen molar-refractivity contribution in [3.63, 3.8) is 0 Å². The molecule has 46 valence electrons. The van der Waals surface area contributed by atoms with Gasteiger partial charge in [0.2, 0.25) is 5.91 Å². The Bertz CT molecular complexity index is 201. The minimum atomic E-state index is -0.0666. The van der Waals surface area contributed by atoms with Gasteiger partial charge in [0.05, 0.1) is 0 Å². The van der Waals surface area contributed by atoms with Gasteiger partial charge in [0.15, 0.2) is 0 Å². The molecule has 1 aliphatic heterocycles. The Labute approximate surface area is 53.6 Å². The van der Waals surface area contributed by atoms with Crippen molar-refractivity contribution in [3.05, 3.63) is 36.6 Å². The molecule has 1 aliphatic rings. The van der Waals surface area contributed by atoms with E-state index in [1.165, 1.54) is 6.08 Å². The van der Waals surface area contributed by atoms with Crippen LogP contribution >= 0.6 is 0 Å². The van der Waals surface area contributed by atoms with Gasteiger partial charge in [-0.2, -0.15) is 0 Å². The van der Waals surface area contributed by atoms with Crippen LogP contribution in [0.5, 0.6) is 0 Å². The highest BCUT2D eigenvalue weighted by Crippen LogP contribution is 1.98. The average Bonchev–Trinajstić information content (AvgIpc) is 2.17. The molecule has 2 heteroatoms. The largest absolute Gasteiger partial charge is 0.323 e. The molecule has 1 heterocycles. The minimum Gasteiger partial charge on any atom is -0.323 e. The number of carbonyl (C=O) groups excluding carboxylic acids is 1. The lowest BCUT2D eigenvalue weighted by atomic mass is 10.4. The van der Waals surface area contributed by atoms with Gasteiger partial charge in [-0.05, 0) is 12.2 Å². The standard InChI is InChI=1S/C7H7NO/c1-2-3-6-4-5-7(9)8-6/h2-5H,1H2,(H,8,9). The van der Waals surface area contributed by atoms with Crippen LogP contribution in [0.25, 0.3) is 0 Å². The van der Waals surface area contributed by atoms with E-state index in [0.29, 0.717) is 0 Å². The van der Waals surface area contributed by atoms with E-state index in [1.54, 1.807) is 18.2 Å². The first-order valence-corrected chi connectivity index (χ1v) is 2.65. The lowest BCUT2D eigenvalue weighted by molar-refractivity contribution is -0.115. The van der Waals surface area contributed by atoms with E-state index in [4.69, 9.17) is 0 Å². The van der Waals surface area contributed by atoms with Gasteiger partial charge < -0.3 is 5.32 Å². The highest BCUT2D eigenvalue weighted by molar-refractivity contribution is 5.93. The summed E-state index contributed by atoms with van der Waals surface area (Å²) in [6.45, 7) is 3.49. The van der Waals surface area contributed by atoms with Crippen LogP contribution in [0.2, 0.25) is 0 Å². The third kappa shape index (κ3) is 1.29. The fourth-order valence-corrected chi connectivity index (χ4v) is 0.615. The third-order valence-electron chi connectivity index (χ3n) is 0.979. The van der Waals surface area contributed by atoms with Crippen LogP contribution in [0.4, 0.5) is 0 Å². The second-order valence-electron chi connectivity index (χ2n) is 1.68. The maximum absolute atomic E-state index is 10.5. The first-order chi connectivity index (χ1) is 4.33. The van der Waals surface area contributed by atoms with Gasteiger partial charge in [0.25, 0.3) is 0 Å². The lowest BCUT2D eigenvalue weighted by Gasteiger charge is -1.90. The molecule has 1 rings (SSSR count). The van der Waals surface area contributed by atoms with Crippen LogP contribution in [-0.2, 0) is 4.79 Å². The van der Waals surface area contributed by atoms with Crippen molar-refractivity contribution in [2.45, 2.75) is 0 Å². The number of amides is 1. The summed E-state index contributed by atoms with van der Waals surface area (Å²) in [5.41, 5.74) is 0.801. The second-order valence-corrected chi connectivity index (χ2v) is 1.68. The number of nitrogens with one attached hydrogen (secondary N) is 1. The van der Waals surface area contributed by atoms with Crippen molar-refractivity contribution in [2.24, 2.45) is 0 Å². The zero-order valence-corrected chi connectivity index (χ0v) is 4.92. The van der Waals surface area contributed by atoms with Gasteiger partial charge in [-0.15, -0.1) is 0 Å². The van der Waals surface area contributed by atoms with Crippen molar-refractivity contribution < 1.29 is 4.79 Å². The van der Waals surface area contributed by atoms with Crippen molar-refractivity contribution in [1.29, 1.82) is 0 Å². The number of carbonyl (C=O) groups is 1. The van der Waals surface area contributed by atoms with Crippen molar-refractivity contribution in [3.8, 4) is 0 Å². The Hall–Kier alpha value is -1.31. The van der Waals surface area contributed by atoms with Crippen molar-refractivity contribution in [2.75, 3.05) is 0 Å². The normalized spacial score (nSPS) is 20.4. The van der Waals surface area contributed by atoms with Crippen LogP contribution in [-0.4, -0.2) is 5.91 Å². The van der Waals surface area contributed by atoms with Crippen LogP contribution in [0.3, 0.4) is 0 Å². The zero-order valence-electron chi connectivity index (χ0n) is 4.92. The van der Waals surface area contributed by atoms with Gasteiger partial charge in [0, 0.05) is 11.8 Å². The molecule has 0 aromatic rings. The Morgan fingerprint density at radius 1 is 1.56 bits per heavy atom. The first kappa shape index (κ1) is 5.82. The maximum atomic E-state index is 10.5. The quantitative estimate of drug-likeness (QED) is 0.544. The van der Waals surface area contributed by atoms with E-state index < -0.39 is 0 Å². The summed E-state index contributed by atoms with van der Waals surface area (Å²) in [7, 11) is 0. The summed E-state index contributed by atoms with van der Waals surface area (Å²) in [6.07, 6.45) is 6.56. The highest BCUT2D eigenvalue weighted by Gasteiger charge is 2.03. The van der Waals surface area contributed by atoms with E-state index >= 15 is 0 Å². The Morgan fingerprint density at radius 3 is 2.78 bits per heavy atom. The molecule has 0 saturated carbocycles. The molecular weight excluding hydrogens is 114 g/mol. The molecule has 0 saturated heterocycles. The van der Waals surface area contributed by atoms with Gasteiger partial charge >= 0.3 is 0 Å². The van der Waals surface area contributed by atoms with Crippen LogP contribution < -0.4 is 5.32 Å². The predicted molar refractivity (Wildman–Crippen MR) is 35.6 cm³/mol. The van der Waals surface area contributed by atoms with Gasteiger partial charge in [0.1, 0.15) is 0 Å². The number of hydrogen-bond acceptors (Lipinski definition) is 1. The minimum absolute atomic E-state index is 0.0666. The summed E-state index contributed by atoms with van der Waals surface area (Å²) in [6, 6.07) is 0. The third-order valence-corrected chi connectivity index (χ3v) is 0.979. The first-order valence-electron chi connectivity index (χ1n) is 2.65. The Morgan fingerprint density at radius 2 is 2.33 bits per heavy atom. The number of rotatable bonds is 1. The molecule has 0 unspecified atom stereocenters. The average molecular weight is 121 g/mol. The van der Waals surface area contributed by atoms with E-state index in [-0.39, 0.29) is 5.91 Å². The van der Waals surface area contributed by atoms with E-state index in [9.17, 15) is 4.79 Å². The number of allylic oxidation sites excluding steroid dienone is 3. The summed E-state index contributed by atoms with van der Waals surface area (Å²) in [5, 5.41) is 2.59. The molecule has 0 spiro atoms. The molecule has 0 atom stereocenters. The predicted octanol–water partition coefficient (Wildman–Crippen LogP) is 0.742. The maximum Gasteiger partial charge on any atom is 0.248 e. The summed E-state index contributed by atoms with van der Waals surface area (Å²) < 4.78 is 0. The van der Waals surface area contributed by atoms with Gasteiger partial charge in [-0.25, -0.2) is 0 Å². The molecule has 1 amide bonds. The SMILES string of the molecule is C=CC=C1C=CC(=O)N1. The van der Waals surface area contributed by atoms with Gasteiger partial charge in [-0.3, -0.25) is 4.79 Å². The van der Waals surface area contributed by atoms with Crippen molar-refractivity contribution in [1.82, 2.24) is 5.32 Å². The summed E-state index contributed by atoms with van der Waals surface area (Å²) in [5.74, 6) is -0.0666. The zero-order chi connectivity index (χ0) is 6.69. The Balaban J connectivity index is 2.70. The van der Waals surface area contributed by atoms with Gasteiger partial charge in [-0.1, -0.05) is 12.7 Å². The second kappa shape index (κ2) is 2.31. The fraction of sp³-hybridized carbons (Fsp3) is 0. The lowest BCUT2D eigenvalue weighted by Crippen LogP contribution is -2.12. The van der Waals surface area contributed by atoms with Crippen molar-refractivity contribution >= 4 is 5.91 Å². The molecule has 0 aromatic carbocycles. The molecule has 0 bridgehead atoms. The van der Waals surface area contributed by atoms with Crippen LogP contribution in [0, 0.1) is 0 Å². The van der Waals surface area contributed by atoms with E-state index in [0.717, 1.165) is 5.70 Å². The van der Waals surface area contributed by atoms with Crippen LogP contribution in [0.15, 0.2) is 36.6 Å². The summed E-state index contributed by atoms with van der Waals surface area (Å²) in [4.78, 5) is 10.5. The molecule has 0 radical (unpaired) electrons. The highest BCUT2D eigenvalue weighted by atomic mass is 16.1. The van der Waals surface area contributed by atoms with Crippen LogP contribution in [0.1, 0.15) is 0 Å². The monoisotopic (exact) mass is 121 g/mol. The molecular formula is C7H7NO. The molecule has 0 fully saturated rings. The molecule has 1 N–H and O–H groups in total.